The molecule has 2 aliphatic rings. The van der Waals surface area contributed by atoms with Gasteiger partial charge in [0.15, 0.2) is 0 Å². The van der Waals surface area contributed by atoms with Crippen molar-refractivity contribution < 1.29 is 4.79 Å². The Kier molecular flexibility index (Phi) is 3.48. The third-order valence-corrected chi connectivity index (χ3v) is 5.49. The van der Waals surface area contributed by atoms with Crippen LogP contribution in [0.1, 0.15) is 47.5 Å². The molecule has 3 nitrogen and oxygen atoms in total. The van der Waals surface area contributed by atoms with E-state index in [1.54, 1.807) is 0 Å². The second-order valence-corrected chi connectivity index (χ2v) is 7.05. The van der Waals surface area contributed by atoms with Crippen LogP contribution in [0.15, 0.2) is 0 Å². The number of hydrogen-bond acceptors (Lipinski definition) is 2. The third-order valence-electron chi connectivity index (χ3n) is 5.49. The first-order chi connectivity index (χ1) is 8.34. The summed E-state index contributed by atoms with van der Waals surface area (Å²) in [4.78, 5) is 15.0. The fourth-order valence-electron chi connectivity index (χ4n) is 3.60. The average Bonchev–Trinajstić information content (AvgIpc) is 2.70. The summed E-state index contributed by atoms with van der Waals surface area (Å²) in [7, 11) is 0. The van der Waals surface area contributed by atoms with Gasteiger partial charge in [0.25, 0.3) is 0 Å². The lowest BCUT2D eigenvalue weighted by Crippen LogP contribution is -2.43. The number of carbonyl (C=O) groups is 1. The number of amides is 1. The predicted molar refractivity (Wildman–Crippen MR) is 74.3 cm³/mol. The lowest BCUT2D eigenvalue weighted by atomic mass is 10.0. The Morgan fingerprint density at radius 2 is 1.89 bits per heavy atom. The second-order valence-electron chi connectivity index (χ2n) is 7.05. The van der Waals surface area contributed by atoms with Gasteiger partial charge in [-0.15, -0.1) is 0 Å². The van der Waals surface area contributed by atoms with Crippen molar-refractivity contribution in [3.8, 4) is 0 Å². The Labute approximate surface area is 111 Å². The molecule has 1 heterocycles. The molecule has 1 N–H and O–H groups in total. The van der Waals surface area contributed by atoms with Crippen LogP contribution in [0.3, 0.4) is 0 Å². The van der Waals surface area contributed by atoms with Gasteiger partial charge in [-0.3, -0.25) is 4.79 Å². The molecule has 1 atom stereocenters. The van der Waals surface area contributed by atoms with Crippen molar-refractivity contribution in [1.29, 1.82) is 0 Å². The maximum atomic E-state index is 12.8. The van der Waals surface area contributed by atoms with Crippen molar-refractivity contribution in [1.82, 2.24) is 10.2 Å². The first kappa shape index (κ1) is 13.9. The predicted octanol–water partition coefficient (Wildman–Crippen LogP) is 2.27. The van der Waals surface area contributed by atoms with Crippen LogP contribution in [0.2, 0.25) is 0 Å². The van der Waals surface area contributed by atoms with Crippen molar-refractivity contribution in [2.75, 3.05) is 19.6 Å². The monoisotopic (exact) mass is 252 g/mol. The van der Waals surface area contributed by atoms with E-state index in [9.17, 15) is 4.79 Å². The number of rotatable bonds is 4. The van der Waals surface area contributed by atoms with Crippen molar-refractivity contribution in [3.63, 3.8) is 0 Å². The fraction of sp³-hybridized carbons (Fsp3) is 0.933. The van der Waals surface area contributed by atoms with Crippen LogP contribution in [0.4, 0.5) is 0 Å². The molecule has 0 radical (unpaired) electrons. The van der Waals surface area contributed by atoms with E-state index in [2.05, 4.69) is 44.8 Å². The van der Waals surface area contributed by atoms with Crippen LogP contribution in [0.25, 0.3) is 0 Å². The summed E-state index contributed by atoms with van der Waals surface area (Å²) in [6, 6.07) is 0.421. The van der Waals surface area contributed by atoms with Gasteiger partial charge >= 0.3 is 0 Å². The van der Waals surface area contributed by atoms with Crippen LogP contribution in [0, 0.1) is 16.7 Å². The summed E-state index contributed by atoms with van der Waals surface area (Å²) in [5, 5.41) is 3.37. The molecule has 1 unspecified atom stereocenters. The van der Waals surface area contributed by atoms with E-state index in [-0.39, 0.29) is 16.7 Å². The first-order valence-corrected chi connectivity index (χ1v) is 7.35. The van der Waals surface area contributed by atoms with E-state index < -0.39 is 0 Å². The Morgan fingerprint density at radius 1 is 1.28 bits per heavy atom. The van der Waals surface area contributed by atoms with Gasteiger partial charge in [0, 0.05) is 25.0 Å². The minimum absolute atomic E-state index is 0.155. The first-order valence-electron chi connectivity index (χ1n) is 7.35. The largest absolute Gasteiger partial charge is 0.338 e. The number of hydrogen-bond donors (Lipinski definition) is 1. The minimum atomic E-state index is 0.155. The maximum absolute atomic E-state index is 12.8. The molecular formula is C15H28N2O. The van der Waals surface area contributed by atoms with E-state index in [4.69, 9.17) is 0 Å². The van der Waals surface area contributed by atoms with E-state index in [1.807, 2.05) is 0 Å². The van der Waals surface area contributed by atoms with Crippen LogP contribution in [-0.4, -0.2) is 36.5 Å². The molecule has 3 heteroatoms. The normalized spacial score (nSPS) is 29.3. The number of carbonyl (C=O) groups excluding carboxylic acids is 1. The highest BCUT2D eigenvalue weighted by molar-refractivity contribution is 5.84. The Bertz CT molecular complexity index is 315. The summed E-state index contributed by atoms with van der Waals surface area (Å²) < 4.78 is 0. The van der Waals surface area contributed by atoms with E-state index in [0.29, 0.717) is 11.9 Å². The number of nitrogens with one attached hydrogen (secondary N) is 1. The molecule has 1 amide bonds. The van der Waals surface area contributed by atoms with Crippen molar-refractivity contribution >= 4 is 5.91 Å². The lowest BCUT2D eigenvalue weighted by Gasteiger charge is -2.29. The zero-order valence-corrected chi connectivity index (χ0v) is 12.5. The van der Waals surface area contributed by atoms with Gasteiger partial charge in [0.2, 0.25) is 5.91 Å². The zero-order valence-electron chi connectivity index (χ0n) is 12.5. The van der Waals surface area contributed by atoms with E-state index >= 15 is 0 Å². The van der Waals surface area contributed by atoms with Gasteiger partial charge in [-0.1, -0.05) is 34.6 Å². The highest BCUT2D eigenvalue weighted by Gasteiger charge is 2.69. The molecule has 104 valence electrons. The smallest absolute Gasteiger partial charge is 0.227 e. The summed E-state index contributed by atoms with van der Waals surface area (Å²) in [6.07, 6.45) is 2.16. The standard InChI is InChI=1S/C15H28N2O/c1-6-9-17(11-7-8-16-10-11)13(18)12-14(2,3)15(12,4)5/h11-12,16H,6-10H2,1-5H3. The van der Waals surface area contributed by atoms with E-state index in [1.165, 1.54) is 0 Å². The summed E-state index contributed by atoms with van der Waals surface area (Å²) in [5.74, 6) is 0.595. The molecule has 1 saturated carbocycles. The molecule has 1 aliphatic carbocycles. The molecule has 18 heavy (non-hydrogen) atoms. The molecule has 0 aromatic rings. The molecule has 2 fully saturated rings. The molecule has 0 aromatic carbocycles. The average molecular weight is 252 g/mol. The highest BCUT2D eigenvalue weighted by atomic mass is 16.2. The van der Waals surface area contributed by atoms with Gasteiger partial charge in [-0.25, -0.2) is 0 Å². The molecule has 1 saturated heterocycles. The highest BCUT2D eigenvalue weighted by Crippen LogP contribution is 2.68. The lowest BCUT2D eigenvalue weighted by molar-refractivity contribution is -0.135. The van der Waals surface area contributed by atoms with Crippen LogP contribution in [0.5, 0.6) is 0 Å². The fourth-order valence-corrected chi connectivity index (χ4v) is 3.60. The van der Waals surface area contributed by atoms with Gasteiger partial charge in [0.05, 0.1) is 0 Å². The Morgan fingerprint density at radius 3 is 2.28 bits per heavy atom. The second kappa shape index (κ2) is 4.52. The van der Waals surface area contributed by atoms with Crippen LogP contribution >= 0.6 is 0 Å². The third kappa shape index (κ3) is 1.97. The summed E-state index contributed by atoms with van der Waals surface area (Å²) >= 11 is 0. The van der Waals surface area contributed by atoms with Crippen molar-refractivity contribution in [2.45, 2.75) is 53.5 Å². The Hall–Kier alpha value is -0.570. The summed E-state index contributed by atoms with van der Waals surface area (Å²) in [5.41, 5.74) is 0.310. The van der Waals surface area contributed by atoms with Gasteiger partial charge < -0.3 is 10.2 Å². The molecular weight excluding hydrogens is 224 g/mol. The van der Waals surface area contributed by atoms with E-state index in [0.717, 1.165) is 32.5 Å². The summed E-state index contributed by atoms with van der Waals surface area (Å²) in [6.45, 7) is 14.0. The molecule has 1 aliphatic heterocycles. The van der Waals surface area contributed by atoms with Gasteiger partial charge in [-0.2, -0.15) is 0 Å². The van der Waals surface area contributed by atoms with Gasteiger partial charge in [-0.05, 0) is 30.2 Å². The van der Waals surface area contributed by atoms with Crippen LogP contribution < -0.4 is 5.32 Å². The molecule has 0 bridgehead atoms. The van der Waals surface area contributed by atoms with Crippen molar-refractivity contribution in [2.24, 2.45) is 16.7 Å². The quantitative estimate of drug-likeness (QED) is 0.832. The number of nitrogens with zero attached hydrogens (tertiary/aromatic N) is 1. The molecule has 0 spiro atoms. The van der Waals surface area contributed by atoms with Crippen LogP contribution in [-0.2, 0) is 4.79 Å². The SMILES string of the molecule is CCCN(C(=O)C1C(C)(C)C1(C)C)C1CCNC1. The zero-order chi connectivity index (χ0) is 13.6. The topological polar surface area (TPSA) is 32.3 Å². The molecule has 0 aromatic heterocycles. The maximum Gasteiger partial charge on any atom is 0.227 e. The van der Waals surface area contributed by atoms with Crippen molar-refractivity contribution in [3.05, 3.63) is 0 Å². The minimum Gasteiger partial charge on any atom is -0.338 e. The van der Waals surface area contributed by atoms with Gasteiger partial charge in [0.1, 0.15) is 0 Å². The molecule has 2 rings (SSSR count). The Balaban J connectivity index is 2.10.